The van der Waals surface area contributed by atoms with Gasteiger partial charge in [-0.15, -0.1) is 11.6 Å². The van der Waals surface area contributed by atoms with Crippen LogP contribution in [0.25, 0.3) is 0 Å². The van der Waals surface area contributed by atoms with Crippen LogP contribution in [0.5, 0.6) is 0 Å². The molecule has 0 aliphatic rings. The number of aryl methyl sites for hydroxylation is 1. The summed E-state index contributed by atoms with van der Waals surface area (Å²) < 4.78 is 2.00. The third-order valence-corrected chi connectivity index (χ3v) is 1.62. The van der Waals surface area contributed by atoms with Crippen LogP contribution in [0.15, 0.2) is 30.6 Å². The molecule has 2 heteroatoms. The number of pyridine rings is 1. The molecule has 0 bridgehead atoms. The van der Waals surface area contributed by atoms with Crippen molar-refractivity contribution in [2.24, 2.45) is 7.05 Å². The fourth-order valence-electron chi connectivity index (χ4n) is 0.618. The normalized spacial score (nSPS) is 8.58. The van der Waals surface area contributed by atoms with Crippen LogP contribution in [0.1, 0.15) is 19.8 Å². The molecule has 1 heterocycles. The molecule has 1 aromatic rings. The van der Waals surface area contributed by atoms with Gasteiger partial charge in [0.05, 0.1) is 0 Å². The number of halogens is 1. The van der Waals surface area contributed by atoms with Crippen molar-refractivity contribution in [2.45, 2.75) is 19.8 Å². The van der Waals surface area contributed by atoms with E-state index in [-0.39, 0.29) is 0 Å². The first-order valence-electron chi connectivity index (χ1n) is 4.27. The molecule has 0 unspecified atom stereocenters. The molecule has 0 radical (unpaired) electrons. The van der Waals surface area contributed by atoms with E-state index in [2.05, 4.69) is 6.92 Å². The lowest BCUT2D eigenvalue weighted by Crippen LogP contribution is -2.25. The summed E-state index contributed by atoms with van der Waals surface area (Å²) in [6, 6.07) is 6.00. The first-order valence-corrected chi connectivity index (χ1v) is 4.81. The second-order valence-corrected chi connectivity index (χ2v) is 2.96. The highest BCUT2D eigenvalue weighted by atomic mass is 35.5. The molecule has 0 aliphatic heterocycles. The minimum absolute atomic E-state index is 0.816. The first kappa shape index (κ1) is 11.4. The fraction of sp³-hybridized carbons (Fsp3) is 0.500. The van der Waals surface area contributed by atoms with Crippen LogP contribution in [-0.4, -0.2) is 5.88 Å². The van der Waals surface area contributed by atoms with Gasteiger partial charge in [-0.25, -0.2) is 4.57 Å². The molecule has 12 heavy (non-hydrogen) atoms. The Kier molecular flexibility index (Phi) is 8.14. The zero-order valence-electron chi connectivity index (χ0n) is 7.83. The van der Waals surface area contributed by atoms with Crippen molar-refractivity contribution < 1.29 is 4.57 Å². The van der Waals surface area contributed by atoms with Crippen LogP contribution in [-0.2, 0) is 7.05 Å². The molecule has 0 atom stereocenters. The van der Waals surface area contributed by atoms with Crippen molar-refractivity contribution >= 4 is 11.6 Å². The van der Waals surface area contributed by atoms with Gasteiger partial charge in [0.25, 0.3) is 0 Å². The smallest absolute Gasteiger partial charge is 0.168 e. The van der Waals surface area contributed by atoms with E-state index < -0.39 is 0 Å². The zero-order chi connectivity index (χ0) is 9.23. The van der Waals surface area contributed by atoms with E-state index in [9.17, 15) is 0 Å². The summed E-state index contributed by atoms with van der Waals surface area (Å²) in [5.41, 5.74) is 0. The van der Waals surface area contributed by atoms with Gasteiger partial charge in [-0.1, -0.05) is 19.4 Å². The van der Waals surface area contributed by atoms with Gasteiger partial charge in [0.1, 0.15) is 7.05 Å². The SMILES string of the molecule is CCCCCl.C[n+]1ccccc1. The summed E-state index contributed by atoms with van der Waals surface area (Å²) in [7, 11) is 2.00. The van der Waals surface area contributed by atoms with E-state index in [1.54, 1.807) is 0 Å². The van der Waals surface area contributed by atoms with Gasteiger partial charge in [0, 0.05) is 18.0 Å². The number of rotatable bonds is 2. The number of alkyl halides is 1. The minimum atomic E-state index is 0.816. The Bertz CT molecular complexity index is 172. The third-order valence-electron chi connectivity index (χ3n) is 1.35. The van der Waals surface area contributed by atoms with Gasteiger partial charge in [0.2, 0.25) is 0 Å². The zero-order valence-corrected chi connectivity index (χ0v) is 8.59. The molecule has 0 aliphatic carbocycles. The number of nitrogens with zero attached hydrogens (tertiary/aromatic N) is 1. The topological polar surface area (TPSA) is 3.88 Å². The Hall–Kier alpha value is -0.560. The van der Waals surface area contributed by atoms with E-state index >= 15 is 0 Å². The minimum Gasteiger partial charge on any atom is -0.208 e. The monoisotopic (exact) mass is 186 g/mol. The first-order chi connectivity index (χ1) is 5.81. The third kappa shape index (κ3) is 7.55. The molecular formula is C10H17ClN+. The Morgan fingerprint density at radius 3 is 1.92 bits per heavy atom. The average Bonchev–Trinajstić information content (AvgIpc) is 2.08. The van der Waals surface area contributed by atoms with Crippen molar-refractivity contribution in [1.82, 2.24) is 0 Å². The maximum absolute atomic E-state index is 5.30. The highest BCUT2D eigenvalue weighted by molar-refractivity contribution is 6.17. The molecule has 0 aromatic carbocycles. The fourth-order valence-corrected chi connectivity index (χ4v) is 0.886. The summed E-state index contributed by atoms with van der Waals surface area (Å²) in [6.45, 7) is 2.13. The standard InChI is InChI=1S/C6H8N.C4H9Cl/c1-7-5-3-2-4-6-7;1-2-3-4-5/h2-6H,1H3;2-4H2,1H3/q+1;. The molecule has 0 amide bonds. The largest absolute Gasteiger partial charge is 0.208 e. The molecule has 68 valence electrons. The van der Waals surface area contributed by atoms with Crippen molar-refractivity contribution in [3.63, 3.8) is 0 Å². The Labute approximate surface area is 80.0 Å². The number of hydrogen-bond donors (Lipinski definition) is 0. The van der Waals surface area contributed by atoms with E-state index in [0.717, 1.165) is 12.3 Å². The quantitative estimate of drug-likeness (QED) is 0.494. The van der Waals surface area contributed by atoms with Gasteiger partial charge in [-0.05, 0) is 6.42 Å². The van der Waals surface area contributed by atoms with Gasteiger partial charge in [0.15, 0.2) is 12.4 Å². The van der Waals surface area contributed by atoms with Crippen molar-refractivity contribution in [1.29, 1.82) is 0 Å². The molecule has 0 saturated heterocycles. The predicted octanol–water partition coefficient (Wildman–Crippen LogP) is 2.54. The number of aromatic nitrogens is 1. The Balaban J connectivity index is 0.000000217. The van der Waals surface area contributed by atoms with E-state index in [0.29, 0.717) is 0 Å². The average molecular weight is 187 g/mol. The number of unbranched alkanes of at least 4 members (excludes halogenated alkanes) is 1. The summed E-state index contributed by atoms with van der Waals surface area (Å²) in [5, 5.41) is 0. The molecule has 0 saturated carbocycles. The second-order valence-electron chi connectivity index (χ2n) is 2.58. The maximum Gasteiger partial charge on any atom is 0.168 e. The second kappa shape index (κ2) is 8.54. The number of hydrogen-bond acceptors (Lipinski definition) is 0. The molecule has 0 N–H and O–H groups in total. The molecular weight excluding hydrogens is 170 g/mol. The van der Waals surface area contributed by atoms with E-state index in [1.807, 2.05) is 42.2 Å². The van der Waals surface area contributed by atoms with Crippen LogP contribution in [0.3, 0.4) is 0 Å². The Morgan fingerprint density at radius 2 is 1.75 bits per heavy atom. The van der Waals surface area contributed by atoms with Crippen molar-refractivity contribution in [3.05, 3.63) is 30.6 Å². The Morgan fingerprint density at radius 1 is 1.17 bits per heavy atom. The van der Waals surface area contributed by atoms with Gasteiger partial charge >= 0.3 is 0 Å². The lowest BCUT2D eigenvalue weighted by Gasteiger charge is -1.77. The lowest BCUT2D eigenvalue weighted by molar-refractivity contribution is -0.671. The lowest BCUT2D eigenvalue weighted by atomic mass is 10.4. The van der Waals surface area contributed by atoms with Crippen LogP contribution in [0, 0.1) is 0 Å². The highest BCUT2D eigenvalue weighted by Crippen LogP contribution is 1.86. The van der Waals surface area contributed by atoms with Crippen molar-refractivity contribution in [2.75, 3.05) is 5.88 Å². The summed E-state index contributed by atoms with van der Waals surface area (Å²) in [5.74, 6) is 0.816. The molecule has 0 fully saturated rings. The summed E-state index contributed by atoms with van der Waals surface area (Å²) in [6.07, 6.45) is 6.37. The predicted molar refractivity (Wildman–Crippen MR) is 53.2 cm³/mol. The summed E-state index contributed by atoms with van der Waals surface area (Å²) >= 11 is 5.30. The van der Waals surface area contributed by atoms with Crippen LogP contribution in [0.4, 0.5) is 0 Å². The van der Waals surface area contributed by atoms with Crippen LogP contribution < -0.4 is 4.57 Å². The summed E-state index contributed by atoms with van der Waals surface area (Å²) in [4.78, 5) is 0. The van der Waals surface area contributed by atoms with Crippen molar-refractivity contribution in [3.8, 4) is 0 Å². The van der Waals surface area contributed by atoms with Gasteiger partial charge in [-0.2, -0.15) is 0 Å². The highest BCUT2D eigenvalue weighted by Gasteiger charge is 1.78. The molecule has 1 rings (SSSR count). The van der Waals surface area contributed by atoms with Gasteiger partial charge in [-0.3, -0.25) is 0 Å². The van der Waals surface area contributed by atoms with Crippen LogP contribution >= 0.6 is 11.6 Å². The molecule has 0 spiro atoms. The van der Waals surface area contributed by atoms with E-state index in [1.165, 1.54) is 6.42 Å². The maximum atomic E-state index is 5.30. The molecule has 1 nitrogen and oxygen atoms in total. The van der Waals surface area contributed by atoms with Gasteiger partial charge < -0.3 is 0 Å². The van der Waals surface area contributed by atoms with Crippen LogP contribution in [0.2, 0.25) is 0 Å². The van der Waals surface area contributed by atoms with E-state index in [4.69, 9.17) is 11.6 Å². The molecule has 1 aromatic heterocycles.